The van der Waals surface area contributed by atoms with E-state index >= 15 is 0 Å². The van der Waals surface area contributed by atoms with Crippen molar-refractivity contribution >= 4 is 27.4 Å². The van der Waals surface area contributed by atoms with E-state index in [4.69, 9.17) is 16.2 Å². The van der Waals surface area contributed by atoms with Crippen molar-refractivity contribution in [3.63, 3.8) is 0 Å². The molecule has 4 rings (SSSR count). The van der Waals surface area contributed by atoms with Gasteiger partial charge in [-0.05, 0) is 56.4 Å². The van der Waals surface area contributed by atoms with Gasteiger partial charge in [-0.3, -0.25) is 4.79 Å². The summed E-state index contributed by atoms with van der Waals surface area (Å²) in [7, 11) is -4.48. The summed E-state index contributed by atoms with van der Waals surface area (Å²) in [4.78, 5) is 27.4. The number of ether oxygens (including phenoxy) is 1. The Balaban J connectivity index is 2.03. The van der Waals surface area contributed by atoms with Crippen LogP contribution in [0.3, 0.4) is 0 Å². The number of sulfone groups is 1. The summed E-state index contributed by atoms with van der Waals surface area (Å²) in [6.07, 6.45) is 0.794. The molecule has 1 fully saturated rings. The highest BCUT2D eigenvalue weighted by Crippen LogP contribution is 2.40. The van der Waals surface area contributed by atoms with Crippen molar-refractivity contribution in [2.45, 2.75) is 56.6 Å². The molecule has 0 aliphatic carbocycles. The van der Waals surface area contributed by atoms with Gasteiger partial charge in [0, 0.05) is 23.7 Å². The molecule has 1 amide bonds. The van der Waals surface area contributed by atoms with Crippen LogP contribution in [-0.4, -0.2) is 48.0 Å². The highest BCUT2D eigenvalue weighted by atomic mass is 32.2. The zero-order valence-corrected chi connectivity index (χ0v) is 23.4. The number of aromatic nitrogens is 3. The maximum absolute atomic E-state index is 14.8. The minimum absolute atomic E-state index is 0.0275. The molecule has 39 heavy (non-hydrogen) atoms. The molecule has 1 aliphatic rings. The highest BCUT2D eigenvalue weighted by Gasteiger charge is 2.40. The molecule has 0 spiro atoms. The summed E-state index contributed by atoms with van der Waals surface area (Å²) in [5.74, 6) is -0.883. The number of benzene rings is 1. The van der Waals surface area contributed by atoms with Gasteiger partial charge in [-0.1, -0.05) is 26.8 Å². The van der Waals surface area contributed by atoms with Gasteiger partial charge >= 0.3 is 0 Å². The first-order chi connectivity index (χ1) is 18.2. The van der Waals surface area contributed by atoms with Crippen molar-refractivity contribution in [3.05, 3.63) is 47.9 Å². The van der Waals surface area contributed by atoms with Crippen LogP contribution in [-0.2, 0) is 9.84 Å². The van der Waals surface area contributed by atoms with Crippen LogP contribution in [0.1, 0.15) is 51.5 Å². The lowest BCUT2D eigenvalue weighted by Crippen LogP contribution is -2.40. The number of halogens is 1. The van der Waals surface area contributed by atoms with Crippen molar-refractivity contribution in [1.29, 1.82) is 0 Å². The minimum Gasteiger partial charge on any atom is -0.493 e. The van der Waals surface area contributed by atoms with Gasteiger partial charge in [-0.2, -0.15) is 0 Å². The molecule has 0 radical (unpaired) electrons. The molecule has 1 atom stereocenters. The third-order valence-electron chi connectivity index (χ3n) is 6.41. The Bertz CT molecular complexity index is 1530. The number of rotatable bonds is 8. The number of hydrogen-bond donors (Lipinski definition) is 2. The van der Waals surface area contributed by atoms with Gasteiger partial charge in [0.05, 0.1) is 6.61 Å². The van der Waals surface area contributed by atoms with E-state index in [1.54, 1.807) is 0 Å². The smallest absolute Gasteiger partial charge is 0.271 e. The number of carbonyl (C=O) groups excluding carboxylic acids is 1. The van der Waals surface area contributed by atoms with E-state index in [2.05, 4.69) is 21.9 Å². The highest BCUT2D eigenvalue weighted by molar-refractivity contribution is 7.91. The van der Waals surface area contributed by atoms with Gasteiger partial charge in [0.15, 0.2) is 21.6 Å². The fourth-order valence-electron chi connectivity index (χ4n) is 4.82. The molecule has 1 saturated heterocycles. The molecule has 1 aromatic carbocycles. The second-order valence-electron chi connectivity index (χ2n) is 10.9. The normalized spacial score (nSPS) is 17.0. The van der Waals surface area contributed by atoms with Crippen LogP contribution in [0.15, 0.2) is 46.5 Å². The van der Waals surface area contributed by atoms with Gasteiger partial charge in [0.25, 0.3) is 5.91 Å². The minimum atomic E-state index is -4.48. The van der Waals surface area contributed by atoms with Crippen LogP contribution in [0.5, 0.6) is 5.75 Å². The van der Waals surface area contributed by atoms with Crippen LogP contribution in [0.4, 0.5) is 16.0 Å². The summed E-state index contributed by atoms with van der Waals surface area (Å²) in [5.41, 5.74) is 10.7. The summed E-state index contributed by atoms with van der Waals surface area (Å²) in [6, 6.07) is 7.96. The quantitative estimate of drug-likeness (QED) is 0.421. The predicted octanol–water partition coefficient (Wildman–Crippen LogP) is 3.85. The lowest BCUT2D eigenvalue weighted by molar-refractivity contribution is 0.0995. The summed E-state index contributed by atoms with van der Waals surface area (Å²) < 4.78 is 48.2. The molecule has 1 aliphatic heterocycles. The molecule has 12 heteroatoms. The summed E-state index contributed by atoms with van der Waals surface area (Å²) in [6.45, 7) is 10.8. The topological polar surface area (TPSA) is 154 Å². The number of nitrogen functional groups attached to an aromatic ring is 1. The van der Waals surface area contributed by atoms with E-state index < -0.39 is 37.2 Å². The molecule has 0 bridgehead atoms. The van der Waals surface area contributed by atoms with Crippen LogP contribution >= 0.6 is 0 Å². The molecular weight excluding hydrogens is 523 g/mol. The SMILES string of the molecule is CC(C)COc1cc(F)cc(-c2nc(N3C[C@@H](C)CC3(C)C)c(C(N)=O)nc2S(=O)(=O)c2cccc(N)n2)c1. The van der Waals surface area contributed by atoms with E-state index in [9.17, 15) is 17.6 Å². The van der Waals surface area contributed by atoms with E-state index in [1.165, 1.54) is 30.3 Å². The number of hydrogen-bond acceptors (Lipinski definition) is 9. The zero-order valence-electron chi connectivity index (χ0n) is 22.6. The third kappa shape index (κ3) is 5.80. The Labute approximate surface area is 227 Å². The molecule has 10 nitrogen and oxygen atoms in total. The number of primary amides is 1. The van der Waals surface area contributed by atoms with Gasteiger partial charge in [-0.15, -0.1) is 0 Å². The number of anilines is 2. The van der Waals surface area contributed by atoms with E-state index in [0.717, 1.165) is 12.5 Å². The molecular formula is C27H33FN6O4S. The zero-order chi connectivity index (χ0) is 28.7. The largest absolute Gasteiger partial charge is 0.493 e. The molecule has 3 heterocycles. The average Bonchev–Trinajstić information content (AvgIpc) is 3.12. The Morgan fingerprint density at radius 3 is 2.51 bits per heavy atom. The Morgan fingerprint density at radius 2 is 1.92 bits per heavy atom. The van der Waals surface area contributed by atoms with E-state index in [-0.39, 0.29) is 46.2 Å². The Hall–Kier alpha value is -3.80. The van der Waals surface area contributed by atoms with Crippen molar-refractivity contribution < 1.29 is 22.3 Å². The van der Waals surface area contributed by atoms with Gasteiger partial charge < -0.3 is 21.1 Å². The maximum Gasteiger partial charge on any atom is 0.271 e. The molecule has 3 aromatic rings. The van der Waals surface area contributed by atoms with Crippen LogP contribution < -0.4 is 21.1 Å². The van der Waals surface area contributed by atoms with E-state index in [1.807, 2.05) is 32.6 Å². The fourth-order valence-corrected chi connectivity index (χ4v) is 6.14. The Kier molecular flexibility index (Phi) is 7.53. The number of pyridine rings is 1. The third-order valence-corrected chi connectivity index (χ3v) is 7.98. The standard InChI is InChI=1S/C27H33FN6O4S/c1-15(2)14-38-19-10-17(9-18(28)11-19)22-26(39(36,37)21-8-6-7-20(29)31-21)33-23(24(30)35)25(32-22)34-13-16(3)12-27(34,4)5/h6-11,15-16H,12-14H2,1-5H3,(H2,29,31)(H2,30,35)/t16-/m0/s1. The Morgan fingerprint density at radius 1 is 1.21 bits per heavy atom. The van der Waals surface area contributed by atoms with Crippen LogP contribution in [0, 0.1) is 17.7 Å². The van der Waals surface area contributed by atoms with Gasteiger partial charge in [0.2, 0.25) is 9.84 Å². The van der Waals surface area contributed by atoms with Crippen molar-refractivity contribution in [2.24, 2.45) is 17.6 Å². The average molecular weight is 557 g/mol. The molecule has 4 N–H and O–H groups in total. The number of amides is 1. The second-order valence-corrected chi connectivity index (χ2v) is 12.7. The molecule has 0 unspecified atom stereocenters. The number of carbonyl (C=O) groups is 1. The van der Waals surface area contributed by atoms with Gasteiger partial charge in [0.1, 0.15) is 23.1 Å². The van der Waals surface area contributed by atoms with Crippen molar-refractivity contribution in [1.82, 2.24) is 15.0 Å². The summed E-state index contributed by atoms with van der Waals surface area (Å²) >= 11 is 0. The number of nitrogens with zero attached hydrogens (tertiary/aromatic N) is 4. The van der Waals surface area contributed by atoms with Crippen LogP contribution in [0.25, 0.3) is 11.3 Å². The second kappa shape index (κ2) is 10.4. The monoisotopic (exact) mass is 556 g/mol. The molecule has 2 aromatic heterocycles. The lowest BCUT2D eigenvalue weighted by atomic mass is 9.97. The fraction of sp³-hybridized carbons (Fsp3) is 0.407. The molecule has 0 saturated carbocycles. The van der Waals surface area contributed by atoms with Crippen molar-refractivity contribution in [2.75, 3.05) is 23.8 Å². The van der Waals surface area contributed by atoms with E-state index in [0.29, 0.717) is 13.2 Å². The van der Waals surface area contributed by atoms with Crippen LogP contribution in [0.2, 0.25) is 0 Å². The number of nitrogens with two attached hydrogens (primary N) is 2. The lowest BCUT2D eigenvalue weighted by Gasteiger charge is -2.33. The van der Waals surface area contributed by atoms with Crippen molar-refractivity contribution in [3.8, 4) is 17.0 Å². The first kappa shape index (κ1) is 28.2. The predicted molar refractivity (Wildman–Crippen MR) is 146 cm³/mol. The van der Waals surface area contributed by atoms with Gasteiger partial charge in [-0.25, -0.2) is 27.8 Å². The summed E-state index contributed by atoms with van der Waals surface area (Å²) in [5, 5.41) is -0.993. The first-order valence-corrected chi connectivity index (χ1v) is 14.1. The molecule has 208 valence electrons. The first-order valence-electron chi connectivity index (χ1n) is 12.6. The maximum atomic E-state index is 14.8.